The Balaban J connectivity index is 2.07. The van der Waals surface area contributed by atoms with Crippen molar-refractivity contribution in [2.45, 2.75) is 51.7 Å². The minimum Gasteiger partial charge on any atom is -0.359 e. The maximum Gasteiger partial charge on any atom is 0.184 e. The molecule has 0 spiro atoms. The average molecular weight is 391 g/mol. The molecule has 0 fully saturated rings. The van der Waals surface area contributed by atoms with Crippen LogP contribution in [0.15, 0.2) is 72.8 Å². The SMILES string of the molecule is CCCC(OC(CCC)C(=O)/C=C/c1ccccc1)C(=O)/C=C/c1ccccc1. The van der Waals surface area contributed by atoms with Gasteiger partial charge in [-0.2, -0.15) is 0 Å². The van der Waals surface area contributed by atoms with Gasteiger partial charge in [0.2, 0.25) is 0 Å². The number of rotatable bonds is 12. The Bertz CT molecular complexity index is 737. The summed E-state index contributed by atoms with van der Waals surface area (Å²) < 4.78 is 6.03. The molecule has 0 amide bonds. The number of benzene rings is 2. The van der Waals surface area contributed by atoms with E-state index in [9.17, 15) is 9.59 Å². The first kappa shape index (κ1) is 22.5. The van der Waals surface area contributed by atoms with Gasteiger partial charge >= 0.3 is 0 Å². The van der Waals surface area contributed by atoms with Crippen LogP contribution >= 0.6 is 0 Å². The monoisotopic (exact) mass is 390 g/mol. The second kappa shape index (κ2) is 12.6. The Labute approximate surface area is 174 Å². The molecule has 0 saturated carbocycles. The first-order chi connectivity index (χ1) is 14.1. The Morgan fingerprint density at radius 3 is 1.45 bits per heavy atom. The van der Waals surface area contributed by atoms with E-state index in [0.717, 1.165) is 24.0 Å². The summed E-state index contributed by atoms with van der Waals surface area (Å²) in [4.78, 5) is 25.4. The molecule has 29 heavy (non-hydrogen) atoms. The lowest BCUT2D eigenvalue weighted by atomic mass is 10.1. The molecule has 3 nitrogen and oxygen atoms in total. The van der Waals surface area contributed by atoms with Gasteiger partial charge in [-0.1, -0.05) is 99.5 Å². The molecule has 2 aromatic rings. The van der Waals surface area contributed by atoms with Crippen LogP contribution in [0.3, 0.4) is 0 Å². The summed E-state index contributed by atoms with van der Waals surface area (Å²) in [5, 5.41) is 0. The minimum atomic E-state index is -0.606. The van der Waals surface area contributed by atoms with E-state index in [4.69, 9.17) is 4.74 Å². The van der Waals surface area contributed by atoms with Gasteiger partial charge in [-0.05, 0) is 36.1 Å². The van der Waals surface area contributed by atoms with Gasteiger partial charge in [-0.3, -0.25) is 9.59 Å². The molecule has 0 aliphatic carbocycles. The number of carbonyl (C=O) groups excluding carboxylic acids is 2. The van der Waals surface area contributed by atoms with Crippen LogP contribution in [0.25, 0.3) is 12.2 Å². The van der Waals surface area contributed by atoms with Crippen LogP contribution in [0.1, 0.15) is 50.7 Å². The van der Waals surface area contributed by atoms with E-state index in [1.165, 1.54) is 0 Å². The zero-order chi connectivity index (χ0) is 20.9. The number of carbonyl (C=O) groups is 2. The topological polar surface area (TPSA) is 43.4 Å². The maximum atomic E-state index is 12.7. The standard InChI is InChI=1S/C26H30O3/c1-3-11-25(23(27)19-17-21-13-7-5-8-14-21)29-26(12-4-2)24(28)20-18-22-15-9-6-10-16-22/h5-10,13-20,25-26H,3-4,11-12H2,1-2H3/b19-17+,20-18+. The molecule has 2 atom stereocenters. The number of hydrogen-bond acceptors (Lipinski definition) is 3. The van der Waals surface area contributed by atoms with Gasteiger partial charge in [0.1, 0.15) is 12.2 Å². The van der Waals surface area contributed by atoms with Gasteiger partial charge in [-0.15, -0.1) is 0 Å². The lowest BCUT2D eigenvalue weighted by Crippen LogP contribution is -2.32. The van der Waals surface area contributed by atoms with Crippen molar-refractivity contribution in [1.82, 2.24) is 0 Å². The lowest BCUT2D eigenvalue weighted by Gasteiger charge is -2.21. The van der Waals surface area contributed by atoms with Gasteiger partial charge < -0.3 is 4.74 Å². The van der Waals surface area contributed by atoms with Gasteiger partial charge in [0, 0.05) is 0 Å². The first-order valence-electron chi connectivity index (χ1n) is 10.3. The van der Waals surface area contributed by atoms with Crippen LogP contribution in [0.2, 0.25) is 0 Å². The fraction of sp³-hybridized carbons (Fsp3) is 0.308. The fourth-order valence-corrected chi connectivity index (χ4v) is 2.98. The highest BCUT2D eigenvalue weighted by Crippen LogP contribution is 2.15. The second-order valence-corrected chi connectivity index (χ2v) is 6.98. The zero-order valence-corrected chi connectivity index (χ0v) is 17.3. The van der Waals surface area contributed by atoms with E-state index in [-0.39, 0.29) is 11.6 Å². The Hall–Kier alpha value is -2.78. The van der Waals surface area contributed by atoms with Gasteiger partial charge in [0.05, 0.1) is 0 Å². The predicted molar refractivity (Wildman–Crippen MR) is 119 cm³/mol. The molecule has 2 rings (SSSR count). The molecule has 152 valence electrons. The fourth-order valence-electron chi connectivity index (χ4n) is 2.98. The number of ketones is 2. The molecule has 0 N–H and O–H groups in total. The lowest BCUT2D eigenvalue weighted by molar-refractivity contribution is -0.139. The summed E-state index contributed by atoms with van der Waals surface area (Å²) >= 11 is 0. The van der Waals surface area contributed by atoms with E-state index in [2.05, 4.69) is 0 Å². The summed E-state index contributed by atoms with van der Waals surface area (Å²) in [6.45, 7) is 4.02. The molecular weight excluding hydrogens is 360 g/mol. The highest BCUT2D eigenvalue weighted by atomic mass is 16.5. The van der Waals surface area contributed by atoms with Gasteiger partial charge in [0.25, 0.3) is 0 Å². The van der Waals surface area contributed by atoms with Crippen molar-refractivity contribution >= 4 is 23.7 Å². The molecule has 0 bridgehead atoms. The number of ether oxygens (including phenoxy) is 1. The summed E-state index contributed by atoms with van der Waals surface area (Å²) in [6.07, 6.45) is 8.29. The normalized spacial score (nSPS) is 13.6. The molecular formula is C26H30O3. The molecule has 0 heterocycles. The summed E-state index contributed by atoms with van der Waals surface area (Å²) in [5.41, 5.74) is 1.92. The third kappa shape index (κ3) is 8.00. The first-order valence-corrected chi connectivity index (χ1v) is 10.3. The van der Waals surface area contributed by atoms with E-state index in [0.29, 0.717) is 12.8 Å². The zero-order valence-electron chi connectivity index (χ0n) is 17.3. The molecule has 0 aliphatic heterocycles. The van der Waals surface area contributed by atoms with Crippen LogP contribution in [-0.2, 0) is 14.3 Å². The average Bonchev–Trinajstić information content (AvgIpc) is 2.76. The van der Waals surface area contributed by atoms with Gasteiger partial charge in [-0.25, -0.2) is 0 Å². The quantitative estimate of drug-likeness (QED) is 0.423. The highest BCUT2D eigenvalue weighted by Gasteiger charge is 2.24. The maximum absolute atomic E-state index is 12.7. The third-order valence-electron chi connectivity index (χ3n) is 4.54. The van der Waals surface area contributed by atoms with Crippen LogP contribution in [0.5, 0.6) is 0 Å². The van der Waals surface area contributed by atoms with Crippen LogP contribution in [-0.4, -0.2) is 23.8 Å². The Morgan fingerprint density at radius 2 is 1.10 bits per heavy atom. The molecule has 0 aromatic heterocycles. The molecule has 0 aliphatic rings. The van der Waals surface area contributed by atoms with E-state index in [1.807, 2.05) is 74.5 Å². The molecule has 0 saturated heterocycles. The molecule has 3 heteroatoms. The van der Waals surface area contributed by atoms with E-state index < -0.39 is 12.2 Å². The third-order valence-corrected chi connectivity index (χ3v) is 4.54. The van der Waals surface area contributed by atoms with Gasteiger partial charge in [0.15, 0.2) is 11.6 Å². The van der Waals surface area contributed by atoms with E-state index in [1.54, 1.807) is 24.3 Å². The molecule has 2 aromatic carbocycles. The van der Waals surface area contributed by atoms with Crippen LogP contribution in [0.4, 0.5) is 0 Å². The summed E-state index contributed by atoms with van der Waals surface area (Å²) in [6, 6.07) is 19.4. The largest absolute Gasteiger partial charge is 0.359 e. The summed E-state index contributed by atoms with van der Waals surface area (Å²) in [7, 11) is 0. The minimum absolute atomic E-state index is 0.100. The van der Waals surface area contributed by atoms with Crippen molar-refractivity contribution in [2.75, 3.05) is 0 Å². The van der Waals surface area contributed by atoms with Crippen LogP contribution < -0.4 is 0 Å². The Morgan fingerprint density at radius 1 is 0.724 bits per heavy atom. The van der Waals surface area contributed by atoms with Crippen molar-refractivity contribution < 1.29 is 14.3 Å². The number of hydrogen-bond donors (Lipinski definition) is 0. The van der Waals surface area contributed by atoms with Crippen molar-refractivity contribution in [1.29, 1.82) is 0 Å². The smallest absolute Gasteiger partial charge is 0.184 e. The van der Waals surface area contributed by atoms with Crippen molar-refractivity contribution in [3.63, 3.8) is 0 Å². The molecule has 2 unspecified atom stereocenters. The van der Waals surface area contributed by atoms with Crippen molar-refractivity contribution in [2.24, 2.45) is 0 Å². The summed E-state index contributed by atoms with van der Waals surface area (Å²) in [5.74, 6) is -0.201. The Kier molecular flexibility index (Phi) is 9.81. The van der Waals surface area contributed by atoms with Crippen molar-refractivity contribution in [3.05, 3.63) is 83.9 Å². The highest BCUT2D eigenvalue weighted by molar-refractivity contribution is 5.99. The predicted octanol–water partition coefficient (Wildman–Crippen LogP) is 5.91. The molecule has 0 radical (unpaired) electrons. The van der Waals surface area contributed by atoms with Crippen LogP contribution in [0, 0.1) is 0 Å². The van der Waals surface area contributed by atoms with E-state index >= 15 is 0 Å². The second-order valence-electron chi connectivity index (χ2n) is 6.98. The van der Waals surface area contributed by atoms with Crippen molar-refractivity contribution in [3.8, 4) is 0 Å².